The van der Waals surface area contributed by atoms with Crippen LogP contribution in [-0.2, 0) is 26.2 Å². The van der Waals surface area contributed by atoms with Crippen LogP contribution in [0.2, 0.25) is 0 Å². The number of hydrogen-bond acceptors (Lipinski definition) is 4. The third-order valence-electron chi connectivity index (χ3n) is 7.04. The van der Waals surface area contributed by atoms with Gasteiger partial charge >= 0.3 is 0 Å². The molecule has 1 aliphatic rings. The number of anilines is 1. The van der Waals surface area contributed by atoms with Crippen LogP contribution in [0.5, 0.6) is 0 Å². The van der Waals surface area contributed by atoms with Crippen LogP contribution >= 0.6 is 0 Å². The van der Waals surface area contributed by atoms with E-state index < -0.39 is 16.1 Å². The number of rotatable bonds is 12. The molecule has 0 spiro atoms. The Morgan fingerprint density at radius 2 is 1.54 bits per heavy atom. The van der Waals surface area contributed by atoms with E-state index in [4.69, 9.17) is 0 Å². The Morgan fingerprint density at radius 1 is 0.973 bits per heavy atom. The van der Waals surface area contributed by atoms with Gasteiger partial charge in [0.25, 0.3) is 0 Å². The van der Waals surface area contributed by atoms with Crippen molar-refractivity contribution in [1.82, 2.24) is 10.2 Å². The molecule has 2 aromatic rings. The number of aryl methyl sites for hydroxylation is 2. The van der Waals surface area contributed by atoms with E-state index in [9.17, 15) is 18.0 Å². The summed E-state index contributed by atoms with van der Waals surface area (Å²) in [6, 6.07) is 14.9. The maximum Gasteiger partial charge on any atom is 0.243 e. The lowest BCUT2D eigenvalue weighted by atomic mass is 10.1. The van der Waals surface area contributed by atoms with Gasteiger partial charge in [0, 0.05) is 25.6 Å². The minimum Gasteiger partial charge on any atom is -0.352 e. The average Bonchev–Trinajstić information content (AvgIpc) is 3.36. The second kappa shape index (κ2) is 13.1. The first kappa shape index (κ1) is 28.7. The van der Waals surface area contributed by atoms with E-state index in [0.29, 0.717) is 25.1 Å². The first-order valence-electron chi connectivity index (χ1n) is 13.3. The van der Waals surface area contributed by atoms with Gasteiger partial charge in [0.05, 0.1) is 11.9 Å². The minimum atomic E-state index is -3.51. The molecule has 1 saturated carbocycles. The highest BCUT2D eigenvalue weighted by Crippen LogP contribution is 2.22. The number of sulfonamides is 1. The Morgan fingerprint density at radius 3 is 2.08 bits per heavy atom. The van der Waals surface area contributed by atoms with Gasteiger partial charge in [0.15, 0.2) is 0 Å². The molecule has 0 unspecified atom stereocenters. The van der Waals surface area contributed by atoms with Gasteiger partial charge in [-0.1, -0.05) is 67.3 Å². The fourth-order valence-electron chi connectivity index (χ4n) is 4.89. The van der Waals surface area contributed by atoms with Crippen LogP contribution in [0.3, 0.4) is 0 Å². The Kier molecular flexibility index (Phi) is 10.1. The maximum absolute atomic E-state index is 13.5. The normalized spacial score (nSPS) is 14.8. The third kappa shape index (κ3) is 8.32. The van der Waals surface area contributed by atoms with Crippen molar-refractivity contribution >= 4 is 27.5 Å². The molecule has 202 valence electrons. The molecule has 0 aromatic heterocycles. The van der Waals surface area contributed by atoms with Crippen molar-refractivity contribution in [2.75, 3.05) is 17.1 Å². The molecule has 2 amide bonds. The van der Waals surface area contributed by atoms with Crippen LogP contribution in [0.1, 0.15) is 68.6 Å². The molecule has 3 rings (SSSR count). The van der Waals surface area contributed by atoms with Crippen molar-refractivity contribution in [3.05, 3.63) is 65.2 Å². The van der Waals surface area contributed by atoms with Gasteiger partial charge in [-0.25, -0.2) is 8.42 Å². The van der Waals surface area contributed by atoms with Crippen molar-refractivity contribution in [2.24, 2.45) is 0 Å². The molecule has 0 aliphatic heterocycles. The first-order valence-corrected chi connectivity index (χ1v) is 15.1. The fourth-order valence-corrected chi connectivity index (χ4v) is 5.86. The summed E-state index contributed by atoms with van der Waals surface area (Å²) in [7, 11) is -3.51. The number of nitrogens with one attached hydrogen (secondary N) is 1. The Labute approximate surface area is 222 Å². The predicted octanol–water partition coefficient (Wildman–Crippen LogP) is 4.72. The molecule has 8 heteroatoms. The van der Waals surface area contributed by atoms with Crippen LogP contribution in [0.4, 0.5) is 5.69 Å². The molecule has 1 N–H and O–H groups in total. The standard InChI is InChI=1S/C29H41N3O4S/c1-5-27(29(34)30-25-9-6-7-10-25)31(21-24-16-12-22(2)13-17-24)28(33)11-8-20-32(37(4,35)36)26-18-14-23(3)15-19-26/h12-19,25,27H,5-11,20-21H2,1-4H3,(H,30,34)/t27-/m0/s1. The van der Waals surface area contributed by atoms with Crippen molar-refractivity contribution < 1.29 is 18.0 Å². The van der Waals surface area contributed by atoms with Crippen molar-refractivity contribution in [3.8, 4) is 0 Å². The summed E-state index contributed by atoms with van der Waals surface area (Å²) in [5.41, 5.74) is 3.72. The Hall–Kier alpha value is -2.87. The summed E-state index contributed by atoms with van der Waals surface area (Å²) >= 11 is 0. The van der Waals surface area contributed by atoms with E-state index in [-0.39, 0.29) is 30.8 Å². The Bertz CT molecular complexity index is 1140. The monoisotopic (exact) mass is 527 g/mol. The number of amides is 2. The quantitative estimate of drug-likeness (QED) is 0.433. The van der Waals surface area contributed by atoms with Crippen LogP contribution < -0.4 is 9.62 Å². The van der Waals surface area contributed by atoms with Crippen molar-refractivity contribution in [1.29, 1.82) is 0 Å². The zero-order valence-electron chi connectivity index (χ0n) is 22.6. The van der Waals surface area contributed by atoms with Gasteiger partial charge in [-0.2, -0.15) is 0 Å². The maximum atomic E-state index is 13.5. The van der Waals surface area contributed by atoms with Gasteiger partial charge < -0.3 is 10.2 Å². The highest BCUT2D eigenvalue weighted by Gasteiger charge is 2.30. The molecule has 0 saturated heterocycles. The van der Waals surface area contributed by atoms with Gasteiger partial charge in [-0.05, 0) is 57.2 Å². The average molecular weight is 528 g/mol. The number of carbonyl (C=O) groups excluding carboxylic acids is 2. The molecule has 0 radical (unpaired) electrons. The SMILES string of the molecule is CC[C@@H](C(=O)NC1CCCC1)N(Cc1ccc(C)cc1)C(=O)CCCN(c1ccc(C)cc1)S(C)(=O)=O. The summed E-state index contributed by atoms with van der Waals surface area (Å²) in [5.74, 6) is -0.251. The molecule has 1 aliphatic carbocycles. The van der Waals surface area contributed by atoms with Gasteiger partial charge in [0.2, 0.25) is 21.8 Å². The first-order chi connectivity index (χ1) is 17.6. The summed E-state index contributed by atoms with van der Waals surface area (Å²) in [6.07, 6.45) is 6.38. The molecule has 0 bridgehead atoms. The van der Waals surface area contributed by atoms with Gasteiger partial charge in [-0.3, -0.25) is 13.9 Å². The number of nitrogens with zero attached hydrogens (tertiary/aromatic N) is 2. The summed E-state index contributed by atoms with van der Waals surface area (Å²) in [4.78, 5) is 28.5. The predicted molar refractivity (Wildman–Crippen MR) is 149 cm³/mol. The highest BCUT2D eigenvalue weighted by molar-refractivity contribution is 7.92. The van der Waals surface area contributed by atoms with Crippen LogP contribution in [0.25, 0.3) is 0 Å². The lowest BCUT2D eigenvalue weighted by Gasteiger charge is -2.32. The Balaban J connectivity index is 1.74. The van der Waals surface area contributed by atoms with Gasteiger partial charge in [-0.15, -0.1) is 0 Å². The van der Waals surface area contributed by atoms with Crippen LogP contribution in [0.15, 0.2) is 48.5 Å². The molecule has 1 fully saturated rings. The van der Waals surface area contributed by atoms with E-state index in [2.05, 4.69) is 5.32 Å². The minimum absolute atomic E-state index is 0.104. The topological polar surface area (TPSA) is 86.8 Å². The summed E-state index contributed by atoms with van der Waals surface area (Å²) in [6.45, 7) is 6.42. The highest BCUT2D eigenvalue weighted by atomic mass is 32.2. The molecule has 1 atom stereocenters. The van der Waals surface area contributed by atoms with Crippen molar-refractivity contribution in [2.45, 2.75) is 84.3 Å². The number of benzene rings is 2. The van der Waals surface area contributed by atoms with Crippen LogP contribution in [0, 0.1) is 13.8 Å². The van der Waals surface area contributed by atoms with E-state index >= 15 is 0 Å². The van der Waals surface area contributed by atoms with E-state index in [0.717, 1.165) is 42.4 Å². The molecule has 2 aromatic carbocycles. The molecular weight excluding hydrogens is 486 g/mol. The molecule has 37 heavy (non-hydrogen) atoms. The molecule has 0 heterocycles. The fraction of sp³-hybridized carbons (Fsp3) is 0.517. The zero-order valence-corrected chi connectivity index (χ0v) is 23.4. The number of hydrogen-bond donors (Lipinski definition) is 1. The van der Waals surface area contributed by atoms with Crippen LogP contribution in [-0.4, -0.2) is 50.0 Å². The van der Waals surface area contributed by atoms with Gasteiger partial charge in [0.1, 0.15) is 6.04 Å². The lowest BCUT2D eigenvalue weighted by Crippen LogP contribution is -2.51. The summed E-state index contributed by atoms with van der Waals surface area (Å²) < 4.78 is 26.3. The summed E-state index contributed by atoms with van der Waals surface area (Å²) in [5, 5.41) is 3.16. The van der Waals surface area contributed by atoms with Crippen molar-refractivity contribution in [3.63, 3.8) is 0 Å². The zero-order chi connectivity index (χ0) is 27.0. The lowest BCUT2D eigenvalue weighted by molar-refractivity contribution is -0.141. The second-order valence-electron chi connectivity index (χ2n) is 10.2. The third-order valence-corrected chi connectivity index (χ3v) is 8.23. The van der Waals surface area contributed by atoms with E-state index in [1.54, 1.807) is 17.0 Å². The number of carbonyl (C=O) groups is 2. The second-order valence-corrected chi connectivity index (χ2v) is 12.1. The smallest absolute Gasteiger partial charge is 0.243 e. The largest absolute Gasteiger partial charge is 0.352 e. The molecular formula is C29H41N3O4S. The van der Waals surface area contributed by atoms with E-state index in [1.165, 1.54) is 10.6 Å². The molecule has 7 nitrogen and oxygen atoms in total. The van der Waals surface area contributed by atoms with E-state index in [1.807, 2.05) is 57.2 Å².